The molecule has 0 amide bonds. The minimum absolute atomic E-state index is 0. The van der Waals surface area contributed by atoms with Crippen molar-refractivity contribution in [3.8, 4) is 0 Å². The van der Waals surface area contributed by atoms with E-state index in [0.717, 1.165) is 0 Å². The minimum atomic E-state index is -1.57. The van der Waals surface area contributed by atoms with Gasteiger partial charge in [0.15, 0.2) is 0 Å². The van der Waals surface area contributed by atoms with E-state index in [4.69, 9.17) is 0 Å². The van der Waals surface area contributed by atoms with Crippen LogP contribution in [-0.4, -0.2) is 6.16 Å². The Labute approximate surface area is 163 Å². The molecule has 0 N–H and O–H groups in total. The fourth-order valence-electron chi connectivity index (χ4n) is 3.28. The highest BCUT2D eigenvalue weighted by Crippen LogP contribution is 2.55. The highest BCUT2D eigenvalue weighted by atomic mass is 127. The highest BCUT2D eigenvalue weighted by Gasteiger charge is 2.44. The number of halogens is 1. The van der Waals surface area contributed by atoms with Crippen molar-refractivity contribution in [2.45, 2.75) is 19.8 Å². The van der Waals surface area contributed by atoms with Gasteiger partial charge in [-0.15, -0.1) is 24.0 Å². The van der Waals surface area contributed by atoms with Crippen LogP contribution in [0.4, 0.5) is 0 Å². The van der Waals surface area contributed by atoms with Gasteiger partial charge in [-0.2, -0.15) is 0 Å². The van der Waals surface area contributed by atoms with Crippen LogP contribution in [0.3, 0.4) is 0 Å². The van der Waals surface area contributed by atoms with Crippen LogP contribution < -0.4 is 15.9 Å². The van der Waals surface area contributed by atoms with Crippen molar-refractivity contribution in [3.05, 3.63) is 91.0 Å². The third-order valence-corrected chi connectivity index (χ3v) is 8.96. The van der Waals surface area contributed by atoms with E-state index < -0.39 is 7.26 Å². The molecule has 0 radical (unpaired) electrons. The second-order valence-corrected chi connectivity index (χ2v) is 9.51. The Morgan fingerprint density at radius 1 is 0.583 bits per heavy atom. The standard InChI is InChI=1S/C22H24P.HI/c1-2-3-19-23(20-13-7-4-8-14-20,21-15-9-5-10-16-21)22-17-11-6-12-18-22;/h4-18H,2-3,19H2,1H3;1H/q+1;. The lowest BCUT2D eigenvalue weighted by Crippen LogP contribution is -2.33. The van der Waals surface area contributed by atoms with E-state index in [1.807, 2.05) is 0 Å². The van der Waals surface area contributed by atoms with Gasteiger partial charge in [0.2, 0.25) is 0 Å². The first-order valence-corrected chi connectivity index (χ1v) is 10.4. The third kappa shape index (κ3) is 3.90. The molecular weight excluding hydrogens is 422 g/mol. The second-order valence-electron chi connectivity index (χ2n) is 5.89. The number of benzene rings is 3. The molecule has 0 unspecified atom stereocenters. The Bertz CT molecular complexity index is 614. The molecular formula is C22H25IP+. The Balaban J connectivity index is 0.00000208. The smallest absolute Gasteiger partial charge is 0.107 e. The molecule has 0 aromatic heterocycles. The van der Waals surface area contributed by atoms with Crippen LogP contribution in [0.2, 0.25) is 0 Å². The molecule has 24 heavy (non-hydrogen) atoms. The molecule has 3 rings (SSSR count). The van der Waals surface area contributed by atoms with Crippen LogP contribution in [-0.2, 0) is 0 Å². The van der Waals surface area contributed by atoms with Gasteiger partial charge in [0.1, 0.15) is 23.2 Å². The second kappa shape index (κ2) is 9.34. The van der Waals surface area contributed by atoms with Crippen LogP contribution in [0.1, 0.15) is 19.8 Å². The summed E-state index contributed by atoms with van der Waals surface area (Å²) in [7, 11) is -1.57. The van der Waals surface area contributed by atoms with Crippen LogP contribution in [0.25, 0.3) is 0 Å². The zero-order chi connectivity index (χ0) is 16.0. The maximum atomic E-state index is 2.32. The van der Waals surface area contributed by atoms with Crippen LogP contribution in [0.15, 0.2) is 91.0 Å². The van der Waals surface area contributed by atoms with Crippen LogP contribution in [0, 0.1) is 0 Å². The first kappa shape index (κ1) is 19.1. The first-order valence-electron chi connectivity index (χ1n) is 8.43. The van der Waals surface area contributed by atoms with Crippen molar-refractivity contribution in [3.63, 3.8) is 0 Å². The summed E-state index contributed by atoms with van der Waals surface area (Å²) in [5.41, 5.74) is 0. The molecule has 0 heterocycles. The zero-order valence-corrected chi connectivity index (χ0v) is 17.4. The average Bonchev–Trinajstić information content (AvgIpc) is 2.65. The lowest BCUT2D eigenvalue weighted by atomic mass is 10.3. The first-order chi connectivity index (χ1) is 11.4. The Kier molecular flexibility index (Phi) is 7.45. The van der Waals surface area contributed by atoms with Crippen molar-refractivity contribution in [1.82, 2.24) is 0 Å². The van der Waals surface area contributed by atoms with E-state index in [-0.39, 0.29) is 24.0 Å². The summed E-state index contributed by atoms with van der Waals surface area (Å²) < 4.78 is 0. The summed E-state index contributed by atoms with van der Waals surface area (Å²) in [5.74, 6) is 0. The fourth-order valence-corrected chi connectivity index (χ4v) is 7.78. The maximum Gasteiger partial charge on any atom is 0.112 e. The minimum Gasteiger partial charge on any atom is -0.107 e. The number of unbranched alkanes of at least 4 members (excludes halogenated alkanes) is 1. The zero-order valence-electron chi connectivity index (χ0n) is 14.1. The summed E-state index contributed by atoms with van der Waals surface area (Å²) in [6.07, 6.45) is 3.72. The normalized spacial score (nSPS) is 10.9. The van der Waals surface area contributed by atoms with Gasteiger partial charge in [-0.3, -0.25) is 0 Å². The lowest BCUT2D eigenvalue weighted by molar-refractivity contribution is 0.891. The molecule has 0 spiro atoms. The van der Waals surface area contributed by atoms with Gasteiger partial charge in [-0.05, 0) is 42.8 Å². The van der Waals surface area contributed by atoms with Gasteiger partial charge < -0.3 is 0 Å². The van der Waals surface area contributed by atoms with Gasteiger partial charge in [0.05, 0.1) is 6.16 Å². The molecule has 0 saturated carbocycles. The predicted molar refractivity (Wildman–Crippen MR) is 120 cm³/mol. The van der Waals surface area contributed by atoms with Crippen molar-refractivity contribution in [2.24, 2.45) is 0 Å². The van der Waals surface area contributed by atoms with E-state index in [1.54, 1.807) is 0 Å². The molecule has 0 atom stereocenters. The number of rotatable bonds is 6. The van der Waals surface area contributed by atoms with Gasteiger partial charge >= 0.3 is 0 Å². The largest absolute Gasteiger partial charge is 0.112 e. The Hall–Kier alpha value is -1.18. The fraction of sp³-hybridized carbons (Fsp3) is 0.182. The van der Waals surface area contributed by atoms with Gasteiger partial charge in [-0.1, -0.05) is 67.9 Å². The van der Waals surface area contributed by atoms with E-state index >= 15 is 0 Å². The summed E-state index contributed by atoms with van der Waals surface area (Å²) in [5, 5.41) is 4.47. The van der Waals surface area contributed by atoms with Crippen molar-refractivity contribution in [2.75, 3.05) is 6.16 Å². The molecule has 0 nitrogen and oxygen atoms in total. The van der Waals surface area contributed by atoms with E-state index in [9.17, 15) is 0 Å². The van der Waals surface area contributed by atoms with E-state index in [2.05, 4.69) is 97.9 Å². The average molecular weight is 447 g/mol. The molecule has 3 aromatic rings. The maximum absolute atomic E-state index is 2.32. The predicted octanol–water partition coefficient (Wildman–Crippen LogP) is 5.40. The Morgan fingerprint density at radius 3 is 1.21 bits per heavy atom. The number of hydrogen-bond acceptors (Lipinski definition) is 0. The van der Waals surface area contributed by atoms with Gasteiger partial charge in [-0.25, -0.2) is 0 Å². The molecule has 0 aliphatic rings. The quantitative estimate of drug-likeness (QED) is 0.351. The third-order valence-electron chi connectivity index (χ3n) is 4.44. The van der Waals surface area contributed by atoms with Crippen molar-refractivity contribution < 1.29 is 0 Å². The molecule has 0 aliphatic heterocycles. The van der Waals surface area contributed by atoms with Crippen LogP contribution >= 0.6 is 31.2 Å². The molecule has 0 bridgehead atoms. The summed E-state index contributed by atoms with van der Waals surface area (Å²) in [6, 6.07) is 33.4. The highest BCUT2D eigenvalue weighted by molar-refractivity contribution is 14.0. The topological polar surface area (TPSA) is 0 Å². The summed E-state index contributed by atoms with van der Waals surface area (Å²) in [4.78, 5) is 0. The number of hydrogen-bond donors (Lipinski definition) is 0. The molecule has 124 valence electrons. The van der Waals surface area contributed by atoms with Gasteiger partial charge in [0.25, 0.3) is 0 Å². The van der Waals surface area contributed by atoms with Gasteiger partial charge in [0, 0.05) is 0 Å². The molecule has 3 aromatic carbocycles. The SMILES string of the molecule is CCCC[P+](c1ccccc1)(c1ccccc1)c1ccccc1.I. The monoisotopic (exact) mass is 447 g/mol. The van der Waals surface area contributed by atoms with Crippen LogP contribution in [0.5, 0.6) is 0 Å². The lowest BCUT2D eigenvalue weighted by Gasteiger charge is -2.27. The van der Waals surface area contributed by atoms with E-state index in [1.165, 1.54) is 34.9 Å². The molecule has 0 saturated heterocycles. The van der Waals surface area contributed by atoms with Crippen molar-refractivity contribution in [1.29, 1.82) is 0 Å². The molecule has 2 heteroatoms. The van der Waals surface area contributed by atoms with E-state index in [0.29, 0.717) is 0 Å². The molecule has 0 fully saturated rings. The van der Waals surface area contributed by atoms with Crippen molar-refractivity contribution >= 4 is 47.2 Å². The summed E-state index contributed by atoms with van der Waals surface area (Å²) >= 11 is 0. The molecule has 0 aliphatic carbocycles. The summed E-state index contributed by atoms with van der Waals surface area (Å²) in [6.45, 7) is 2.29. The Morgan fingerprint density at radius 2 is 0.917 bits per heavy atom.